The van der Waals surface area contributed by atoms with Gasteiger partial charge in [0.2, 0.25) is 0 Å². The molecule has 4 aliphatic rings. The molecule has 0 bridgehead atoms. The third-order valence-corrected chi connectivity index (χ3v) is 13.9. The molecule has 0 radical (unpaired) electrons. The lowest BCUT2D eigenvalue weighted by Gasteiger charge is -2.61. The highest BCUT2D eigenvalue weighted by Gasteiger charge is 2.64. The Morgan fingerprint density at radius 2 is 1.28 bits per heavy atom. The summed E-state index contributed by atoms with van der Waals surface area (Å²) in [5.41, 5.74) is 0.864. The number of hydrogen-bond donors (Lipinski definition) is 0. The van der Waals surface area contributed by atoms with E-state index in [1.54, 1.807) is 0 Å². The maximum atomic E-state index is 7.04. The van der Waals surface area contributed by atoms with Gasteiger partial charge in [0.25, 0.3) is 0 Å². The molecule has 6 unspecified atom stereocenters. The molecule has 6 heteroatoms. The van der Waals surface area contributed by atoms with Crippen LogP contribution in [0.15, 0.2) is 0 Å². The summed E-state index contributed by atoms with van der Waals surface area (Å²) in [6.07, 6.45) is 12.1. The molecular weight excluding hydrogens is 493 g/mol. The SMILES string of the molecule is C[C@@H](O[Si](C)(C)C)C1[C@H](O[Si](C)(C)C)CC2C3CC[C@@H]4C[C@@H](O[Si](C)(C)C)CCC4(C)C3CCC21C. The Morgan fingerprint density at radius 1 is 0.667 bits per heavy atom. The van der Waals surface area contributed by atoms with E-state index in [1.165, 1.54) is 51.4 Å². The van der Waals surface area contributed by atoms with E-state index in [4.69, 9.17) is 13.3 Å². The van der Waals surface area contributed by atoms with Crippen LogP contribution in [0.3, 0.4) is 0 Å². The standard InChI is InChI=1S/C30H60O3Si3/c1-21(31-34(4,5)6)28-27(33-36(10,11)12)20-26-24-14-13-22-19-23(32-35(7,8)9)15-17-29(22,2)25(24)16-18-30(26,28)3/h21-28H,13-20H2,1-12H3/t21-,22-,23+,24?,25?,26?,27-,28?,29?,30?/m1/s1. The van der Waals surface area contributed by atoms with Crippen molar-refractivity contribution in [3.8, 4) is 0 Å². The van der Waals surface area contributed by atoms with Crippen LogP contribution in [0, 0.1) is 40.4 Å². The van der Waals surface area contributed by atoms with Gasteiger partial charge in [0, 0.05) is 18.1 Å². The van der Waals surface area contributed by atoms with Gasteiger partial charge in [-0.15, -0.1) is 0 Å². The molecule has 4 saturated carbocycles. The Labute approximate surface area is 227 Å². The summed E-state index contributed by atoms with van der Waals surface area (Å²) >= 11 is 0. The summed E-state index contributed by atoms with van der Waals surface area (Å²) in [5, 5.41) is 0. The molecule has 0 spiro atoms. The molecule has 0 aliphatic heterocycles. The van der Waals surface area contributed by atoms with Crippen LogP contribution in [0.4, 0.5) is 0 Å². The summed E-state index contributed by atoms with van der Waals surface area (Å²) in [4.78, 5) is 0. The van der Waals surface area contributed by atoms with Crippen LogP contribution in [0.1, 0.15) is 72.1 Å². The molecule has 3 nitrogen and oxygen atoms in total. The smallest absolute Gasteiger partial charge is 0.184 e. The monoisotopic (exact) mass is 552 g/mol. The predicted molar refractivity (Wildman–Crippen MR) is 161 cm³/mol. The van der Waals surface area contributed by atoms with E-state index in [9.17, 15) is 0 Å². The fraction of sp³-hybridized carbons (Fsp3) is 1.00. The van der Waals surface area contributed by atoms with Crippen molar-refractivity contribution in [2.45, 2.75) is 149 Å². The Hall–Kier alpha value is 0.531. The maximum absolute atomic E-state index is 7.04. The van der Waals surface area contributed by atoms with Gasteiger partial charge in [-0.3, -0.25) is 0 Å². The Morgan fingerprint density at radius 3 is 1.86 bits per heavy atom. The first kappa shape index (κ1) is 29.5. The zero-order chi connectivity index (χ0) is 26.9. The molecule has 0 heterocycles. The quantitative estimate of drug-likeness (QED) is 0.295. The Kier molecular flexibility index (Phi) is 8.09. The average molecular weight is 553 g/mol. The van der Waals surface area contributed by atoms with Crippen molar-refractivity contribution in [1.82, 2.24) is 0 Å². The molecular formula is C30H60O3Si3. The lowest BCUT2D eigenvalue weighted by molar-refractivity contribution is -0.131. The highest BCUT2D eigenvalue weighted by atomic mass is 28.4. The minimum absolute atomic E-state index is 0.297. The van der Waals surface area contributed by atoms with Crippen LogP contribution < -0.4 is 0 Å². The van der Waals surface area contributed by atoms with E-state index in [-0.39, 0.29) is 0 Å². The van der Waals surface area contributed by atoms with Crippen molar-refractivity contribution in [3.63, 3.8) is 0 Å². The van der Waals surface area contributed by atoms with Gasteiger partial charge in [0.15, 0.2) is 25.0 Å². The second-order valence-corrected chi connectivity index (χ2v) is 30.2. The van der Waals surface area contributed by atoms with E-state index < -0.39 is 25.0 Å². The molecule has 0 aromatic heterocycles. The van der Waals surface area contributed by atoms with Crippen molar-refractivity contribution in [3.05, 3.63) is 0 Å². The predicted octanol–water partition coefficient (Wildman–Crippen LogP) is 8.94. The third-order valence-electron chi connectivity index (χ3n) is 10.8. The second-order valence-electron chi connectivity index (χ2n) is 16.8. The van der Waals surface area contributed by atoms with Crippen LogP contribution in [0.5, 0.6) is 0 Å². The lowest BCUT2D eigenvalue weighted by Crippen LogP contribution is -2.55. The van der Waals surface area contributed by atoms with Gasteiger partial charge >= 0.3 is 0 Å². The van der Waals surface area contributed by atoms with E-state index in [0.29, 0.717) is 35.1 Å². The van der Waals surface area contributed by atoms with Gasteiger partial charge in [0.1, 0.15) is 0 Å². The first-order chi connectivity index (χ1) is 16.3. The number of hydrogen-bond acceptors (Lipinski definition) is 3. The molecule has 4 aliphatic carbocycles. The first-order valence-electron chi connectivity index (χ1n) is 15.4. The van der Waals surface area contributed by atoms with Crippen molar-refractivity contribution < 1.29 is 13.3 Å². The molecule has 0 amide bonds. The summed E-state index contributed by atoms with van der Waals surface area (Å²) in [6.45, 7) is 29.0. The van der Waals surface area contributed by atoms with Crippen molar-refractivity contribution in [2.24, 2.45) is 40.4 Å². The van der Waals surface area contributed by atoms with Gasteiger partial charge < -0.3 is 13.3 Å². The van der Waals surface area contributed by atoms with Crippen molar-refractivity contribution in [2.75, 3.05) is 0 Å². The third kappa shape index (κ3) is 5.99. The topological polar surface area (TPSA) is 27.7 Å². The van der Waals surface area contributed by atoms with E-state index >= 15 is 0 Å². The van der Waals surface area contributed by atoms with Crippen LogP contribution in [-0.2, 0) is 13.3 Å². The fourth-order valence-electron chi connectivity index (χ4n) is 9.90. The second kappa shape index (κ2) is 9.87. The molecule has 0 N–H and O–H groups in total. The summed E-state index contributed by atoms with van der Waals surface area (Å²) in [6, 6.07) is 0. The van der Waals surface area contributed by atoms with E-state index in [2.05, 4.69) is 79.7 Å². The summed E-state index contributed by atoms with van der Waals surface area (Å²) < 4.78 is 20.5. The zero-order valence-electron chi connectivity index (χ0n) is 26.0. The highest BCUT2D eigenvalue weighted by molar-refractivity contribution is 6.70. The molecule has 0 saturated heterocycles. The fourth-order valence-corrected chi connectivity index (χ4v) is 13.5. The van der Waals surface area contributed by atoms with Crippen LogP contribution >= 0.6 is 0 Å². The van der Waals surface area contributed by atoms with Gasteiger partial charge in [-0.05, 0) is 152 Å². The molecule has 0 aromatic carbocycles. The van der Waals surface area contributed by atoms with Crippen molar-refractivity contribution >= 4 is 25.0 Å². The Balaban J connectivity index is 1.57. The minimum Gasteiger partial charge on any atom is -0.415 e. The Bertz CT molecular complexity index is 784. The van der Waals surface area contributed by atoms with Gasteiger partial charge in [-0.1, -0.05) is 13.8 Å². The maximum Gasteiger partial charge on any atom is 0.184 e. The first-order valence-corrected chi connectivity index (χ1v) is 25.6. The summed E-state index contributed by atoms with van der Waals surface area (Å²) in [5.74, 6) is 3.95. The average Bonchev–Trinajstić information content (AvgIpc) is 2.96. The van der Waals surface area contributed by atoms with E-state index in [0.717, 1.165) is 23.7 Å². The molecule has 4 rings (SSSR count). The largest absolute Gasteiger partial charge is 0.415 e. The molecule has 10 atom stereocenters. The minimum atomic E-state index is -1.63. The lowest BCUT2D eigenvalue weighted by atomic mass is 9.44. The molecule has 0 aromatic rings. The van der Waals surface area contributed by atoms with Gasteiger partial charge in [-0.2, -0.15) is 0 Å². The van der Waals surface area contributed by atoms with Crippen molar-refractivity contribution in [1.29, 1.82) is 0 Å². The molecule has 36 heavy (non-hydrogen) atoms. The number of rotatable bonds is 7. The van der Waals surface area contributed by atoms with Gasteiger partial charge in [0.05, 0.1) is 6.10 Å². The number of fused-ring (bicyclic) bond motifs is 5. The van der Waals surface area contributed by atoms with Gasteiger partial charge in [-0.25, -0.2) is 0 Å². The molecule has 210 valence electrons. The van der Waals surface area contributed by atoms with Crippen LogP contribution in [0.2, 0.25) is 58.9 Å². The van der Waals surface area contributed by atoms with Crippen LogP contribution in [0.25, 0.3) is 0 Å². The summed E-state index contributed by atoms with van der Waals surface area (Å²) in [7, 11) is -4.72. The normalized spacial score (nSPS) is 44.5. The zero-order valence-corrected chi connectivity index (χ0v) is 29.0. The van der Waals surface area contributed by atoms with E-state index in [1.807, 2.05) is 0 Å². The van der Waals surface area contributed by atoms with Crippen LogP contribution in [-0.4, -0.2) is 43.3 Å². The molecule has 4 fully saturated rings. The highest BCUT2D eigenvalue weighted by Crippen LogP contribution is 2.68.